The van der Waals surface area contributed by atoms with E-state index in [2.05, 4.69) is 0 Å². The third kappa shape index (κ3) is 5.20. The second-order valence-corrected chi connectivity index (χ2v) is 5.94. The second kappa shape index (κ2) is 9.23. The number of hydrogen-bond acceptors (Lipinski definition) is 4. The van der Waals surface area contributed by atoms with Gasteiger partial charge in [0.25, 0.3) is 0 Å². The van der Waals surface area contributed by atoms with E-state index in [0.29, 0.717) is 0 Å². The fourth-order valence-corrected chi connectivity index (χ4v) is 2.62. The Morgan fingerprint density at radius 3 is 2.50 bits per heavy atom. The van der Waals surface area contributed by atoms with Crippen LogP contribution in [0.25, 0.3) is 6.08 Å². The number of ether oxygens (including phenoxy) is 1. The molecule has 0 aliphatic rings. The minimum Gasteiger partial charge on any atom is -0.481 e. The van der Waals surface area contributed by atoms with E-state index in [1.807, 2.05) is 32.0 Å². The molecule has 2 N–H and O–H groups in total. The van der Waals surface area contributed by atoms with Crippen LogP contribution in [0.4, 0.5) is 0 Å². The molecule has 5 heteroatoms. The van der Waals surface area contributed by atoms with Crippen LogP contribution in [0.3, 0.4) is 0 Å². The third-order valence-corrected chi connectivity index (χ3v) is 4.07. The van der Waals surface area contributed by atoms with Crippen LogP contribution in [0.5, 0.6) is 0 Å². The van der Waals surface area contributed by atoms with Gasteiger partial charge in [-0.15, -0.1) is 0 Å². The molecular weight excluding hydrogens is 308 g/mol. The van der Waals surface area contributed by atoms with E-state index in [4.69, 9.17) is 9.84 Å². The molecule has 24 heavy (non-hydrogen) atoms. The summed E-state index contributed by atoms with van der Waals surface area (Å²) in [5.41, 5.74) is 2.82. The second-order valence-electron chi connectivity index (χ2n) is 5.94. The summed E-state index contributed by atoms with van der Waals surface area (Å²) in [4.78, 5) is 23.2. The lowest BCUT2D eigenvalue weighted by Crippen LogP contribution is -2.35. The molecule has 0 heterocycles. The van der Waals surface area contributed by atoms with Crippen LogP contribution in [-0.2, 0) is 14.3 Å². The van der Waals surface area contributed by atoms with Crippen LogP contribution >= 0.6 is 0 Å². The summed E-state index contributed by atoms with van der Waals surface area (Å²) in [6.45, 7) is 6.95. The fraction of sp³-hybridized carbons (Fsp3) is 0.474. The SMILES string of the molecule is CCC(=O)O[C@H]([C@H](C)C(=O)O)[C@@H](C)c1ccc(C)cc1/C=C/CO. The van der Waals surface area contributed by atoms with Crippen molar-refractivity contribution < 1.29 is 24.5 Å². The smallest absolute Gasteiger partial charge is 0.310 e. The Morgan fingerprint density at radius 1 is 1.29 bits per heavy atom. The van der Waals surface area contributed by atoms with Crippen molar-refractivity contribution in [2.75, 3.05) is 6.61 Å². The number of carboxylic acid groups (broad SMARTS) is 1. The van der Waals surface area contributed by atoms with Crippen LogP contribution in [0.1, 0.15) is 49.8 Å². The number of rotatable bonds is 8. The monoisotopic (exact) mass is 334 g/mol. The summed E-state index contributed by atoms with van der Waals surface area (Å²) in [5, 5.41) is 18.4. The molecule has 0 fully saturated rings. The fourth-order valence-electron chi connectivity index (χ4n) is 2.62. The van der Waals surface area contributed by atoms with E-state index in [0.717, 1.165) is 16.7 Å². The van der Waals surface area contributed by atoms with Crippen molar-refractivity contribution >= 4 is 18.0 Å². The number of esters is 1. The lowest BCUT2D eigenvalue weighted by atomic mass is 9.84. The van der Waals surface area contributed by atoms with Gasteiger partial charge in [-0.05, 0) is 25.0 Å². The number of aryl methyl sites for hydroxylation is 1. The van der Waals surface area contributed by atoms with Gasteiger partial charge in [-0.25, -0.2) is 0 Å². The van der Waals surface area contributed by atoms with Gasteiger partial charge in [0, 0.05) is 12.3 Å². The van der Waals surface area contributed by atoms with Crippen LogP contribution in [0, 0.1) is 12.8 Å². The predicted molar refractivity (Wildman–Crippen MR) is 92.7 cm³/mol. The number of aliphatic carboxylic acids is 1. The maximum absolute atomic E-state index is 11.7. The third-order valence-electron chi connectivity index (χ3n) is 4.07. The van der Waals surface area contributed by atoms with Gasteiger partial charge in [-0.2, -0.15) is 0 Å². The minimum atomic E-state index is -1.00. The lowest BCUT2D eigenvalue weighted by molar-refractivity contribution is -0.159. The van der Waals surface area contributed by atoms with Gasteiger partial charge in [0.1, 0.15) is 6.10 Å². The molecule has 0 unspecified atom stereocenters. The zero-order chi connectivity index (χ0) is 18.3. The molecule has 1 aromatic rings. The number of aliphatic hydroxyl groups is 1. The molecule has 3 atom stereocenters. The predicted octanol–water partition coefficient (Wildman–Crippen LogP) is 3.15. The largest absolute Gasteiger partial charge is 0.481 e. The number of carbonyl (C=O) groups is 2. The van der Waals surface area contributed by atoms with Crippen LogP contribution in [0.15, 0.2) is 24.3 Å². The van der Waals surface area contributed by atoms with Crippen LogP contribution in [-0.4, -0.2) is 34.9 Å². The summed E-state index contributed by atoms with van der Waals surface area (Å²) in [5.74, 6) is -2.55. The van der Waals surface area contributed by atoms with Crippen molar-refractivity contribution in [3.05, 3.63) is 41.0 Å². The summed E-state index contributed by atoms with van der Waals surface area (Å²) in [6, 6.07) is 5.81. The van der Waals surface area contributed by atoms with E-state index in [-0.39, 0.29) is 18.9 Å². The maximum atomic E-state index is 11.7. The average Bonchev–Trinajstić information content (AvgIpc) is 2.56. The van der Waals surface area contributed by atoms with Crippen molar-refractivity contribution in [2.45, 2.75) is 46.1 Å². The Kier molecular flexibility index (Phi) is 7.65. The molecule has 0 aromatic heterocycles. The highest BCUT2D eigenvalue weighted by Crippen LogP contribution is 2.31. The highest BCUT2D eigenvalue weighted by Gasteiger charge is 2.33. The van der Waals surface area contributed by atoms with Crippen LogP contribution < -0.4 is 0 Å². The number of benzene rings is 1. The first-order chi connectivity index (χ1) is 11.3. The van der Waals surface area contributed by atoms with Gasteiger partial charge in [0.05, 0.1) is 12.5 Å². The van der Waals surface area contributed by atoms with Crippen molar-refractivity contribution in [1.82, 2.24) is 0 Å². The summed E-state index contributed by atoms with van der Waals surface area (Å²) in [7, 11) is 0. The molecule has 0 aliphatic carbocycles. The van der Waals surface area contributed by atoms with E-state index in [1.165, 1.54) is 0 Å². The quantitative estimate of drug-likeness (QED) is 0.714. The first-order valence-corrected chi connectivity index (χ1v) is 8.12. The maximum Gasteiger partial charge on any atom is 0.310 e. The number of carboxylic acids is 1. The number of aliphatic hydroxyl groups excluding tert-OH is 1. The summed E-state index contributed by atoms with van der Waals surface area (Å²) in [6.07, 6.45) is 2.85. The van der Waals surface area contributed by atoms with Crippen molar-refractivity contribution in [2.24, 2.45) is 5.92 Å². The Balaban J connectivity index is 3.26. The number of hydrogen-bond donors (Lipinski definition) is 2. The first-order valence-electron chi connectivity index (χ1n) is 8.12. The first kappa shape index (κ1) is 19.9. The van der Waals surface area contributed by atoms with Gasteiger partial charge in [-0.1, -0.05) is 49.8 Å². The van der Waals surface area contributed by atoms with Gasteiger partial charge in [-0.3, -0.25) is 9.59 Å². The Bertz CT molecular complexity index is 606. The highest BCUT2D eigenvalue weighted by atomic mass is 16.5. The van der Waals surface area contributed by atoms with Crippen LogP contribution in [0.2, 0.25) is 0 Å². The standard InChI is InChI=1S/C19H26O5/c1-5-17(21)24-18(14(4)19(22)23)13(3)16-9-8-12(2)11-15(16)7-6-10-20/h6-9,11,13-14,18,20H,5,10H2,1-4H3,(H,22,23)/b7-6+/t13-,14-,18-/m0/s1. The zero-order valence-corrected chi connectivity index (χ0v) is 14.7. The molecule has 1 aromatic carbocycles. The Morgan fingerprint density at radius 2 is 1.96 bits per heavy atom. The van der Waals surface area contributed by atoms with Crippen molar-refractivity contribution in [3.63, 3.8) is 0 Å². The summed E-state index contributed by atoms with van der Waals surface area (Å²) >= 11 is 0. The van der Waals surface area contributed by atoms with E-state index < -0.39 is 24.0 Å². The topological polar surface area (TPSA) is 83.8 Å². The molecule has 0 spiro atoms. The Labute approximate surface area is 143 Å². The molecule has 0 radical (unpaired) electrons. The Hall–Kier alpha value is -2.14. The van der Waals surface area contributed by atoms with E-state index in [9.17, 15) is 14.7 Å². The lowest BCUT2D eigenvalue weighted by Gasteiger charge is -2.28. The molecule has 0 aliphatic heterocycles. The minimum absolute atomic E-state index is 0.0818. The number of carbonyl (C=O) groups excluding carboxylic acids is 1. The average molecular weight is 334 g/mol. The van der Waals surface area contributed by atoms with Gasteiger partial charge in [0.15, 0.2) is 0 Å². The molecule has 1 rings (SSSR count). The molecule has 0 saturated heterocycles. The molecule has 5 nitrogen and oxygen atoms in total. The molecule has 0 bridgehead atoms. The summed E-state index contributed by atoms with van der Waals surface area (Å²) < 4.78 is 5.44. The van der Waals surface area contributed by atoms with Gasteiger partial charge in [0.2, 0.25) is 0 Å². The highest BCUT2D eigenvalue weighted by molar-refractivity contribution is 5.73. The van der Waals surface area contributed by atoms with E-state index in [1.54, 1.807) is 26.0 Å². The van der Waals surface area contributed by atoms with Gasteiger partial charge >= 0.3 is 11.9 Å². The molecule has 132 valence electrons. The normalized spacial score (nSPS) is 15.0. The molecule has 0 amide bonds. The zero-order valence-electron chi connectivity index (χ0n) is 14.7. The molecular formula is C19H26O5. The van der Waals surface area contributed by atoms with Crippen molar-refractivity contribution in [1.29, 1.82) is 0 Å². The van der Waals surface area contributed by atoms with Gasteiger partial charge < -0.3 is 14.9 Å². The molecule has 0 saturated carbocycles. The van der Waals surface area contributed by atoms with Crippen molar-refractivity contribution in [3.8, 4) is 0 Å². The van der Waals surface area contributed by atoms with E-state index >= 15 is 0 Å².